The van der Waals surface area contributed by atoms with Crippen molar-refractivity contribution in [1.82, 2.24) is 0 Å². The molecule has 0 spiro atoms. The highest BCUT2D eigenvalue weighted by molar-refractivity contribution is 4.76. The maximum atomic E-state index is 3.65. The molecule has 0 saturated carbocycles. The molecule has 0 aromatic rings. The van der Waals surface area contributed by atoms with Gasteiger partial charge in [0.2, 0.25) is 0 Å². The van der Waals surface area contributed by atoms with Crippen LogP contribution in [-0.2, 0) is 0 Å². The Kier molecular flexibility index (Phi) is 2.25. The first kappa shape index (κ1) is 5.00. The molecule has 5 heavy (non-hydrogen) atoms. The zero-order valence-corrected chi connectivity index (χ0v) is 3.91. The predicted octanol–water partition coefficient (Wildman–Crippen LogP) is 1.82. The normalized spacial score (nSPS) is 9.60. The molecule has 0 atom stereocenters. The second-order valence-corrected chi connectivity index (χ2v) is 1.46. The third-order valence-electron chi connectivity index (χ3n) is 0.500. The average Bonchev–Trinajstić information content (AvgIpc) is 1.38. The van der Waals surface area contributed by atoms with E-state index in [4.69, 9.17) is 0 Å². The molecule has 0 N–H and O–H groups in total. The minimum absolute atomic E-state index is 0.972. The van der Waals surface area contributed by atoms with Crippen LogP contribution in [0.3, 0.4) is 0 Å². The maximum Gasteiger partial charge on any atom is -0.0303 e. The first-order valence-corrected chi connectivity index (χ1v) is 1.85. The van der Waals surface area contributed by atoms with E-state index in [1.807, 2.05) is 0 Å². The second-order valence-electron chi connectivity index (χ2n) is 1.46. The number of hydrogen-bond acceptors (Lipinski definition) is 0. The molecule has 0 nitrogen and oxygen atoms in total. The van der Waals surface area contributed by atoms with E-state index >= 15 is 0 Å². The Morgan fingerprint density at radius 1 is 1.60 bits per heavy atom. The second kappa shape index (κ2) is 2.25. The van der Waals surface area contributed by atoms with Crippen molar-refractivity contribution in [2.24, 2.45) is 0 Å². The lowest BCUT2D eigenvalue weighted by molar-refractivity contribution is 0.990. The summed E-state index contributed by atoms with van der Waals surface area (Å²) < 4.78 is 0. The summed E-state index contributed by atoms with van der Waals surface area (Å²) in [7, 11) is 0. The lowest BCUT2D eigenvalue weighted by Gasteiger charge is -1.89. The Morgan fingerprint density at radius 2 is 1.80 bits per heavy atom. The van der Waals surface area contributed by atoms with Gasteiger partial charge < -0.3 is 0 Å². The molecule has 0 rings (SSSR count). The summed E-state index contributed by atoms with van der Waals surface area (Å²) in [5.41, 5.74) is 0. The van der Waals surface area contributed by atoms with Crippen molar-refractivity contribution in [2.45, 2.75) is 20.3 Å². The van der Waals surface area contributed by atoms with E-state index < -0.39 is 0 Å². The van der Waals surface area contributed by atoms with E-state index in [1.165, 1.54) is 5.92 Å². The molecular weight excluding hydrogens is 60.1 g/mol. The molecule has 2 radical (unpaired) electrons. The molecule has 0 heterocycles. The highest BCUT2D eigenvalue weighted by Gasteiger charge is 1.81. The first-order chi connectivity index (χ1) is 2.27. The molecule has 0 saturated heterocycles. The quantitative estimate of drug-likeness (QED) is 0.441. The smallest absolute Gasteiger partial charge is 0.0303 e. The summed E-state index contributed by atoms with van der Waals surface area (Å²) in [6.45, 7) is 7.80. The van der Waals surface area contributed by atoms with Gasteiger partial charge in [0.25, 0.3) is 0 Å². The van der Waals surface area contributed by atoms with Gasteiger partial charge in [-0.3, -0.25) is 0 Å². The third-order valence-corrected chi connectivity index (χ3v) is 0.500. The zero-order valence-electron chi connectivity index (χ0n) is 3.91. The van der Waals surface area contributed by atoms with E-state index in [9.17, 15) is 0 Å². The molecule has 0 unspecified atom stereocenters. The highest BCUT2D eigenvalue weighted by Crippen LogP contribution is 1.96. The van der Waals surface area contributed by atoms with Gasteiger partial charge in [0.05, 0.1) is 0 Å². The minimum atomic E-state index is 0.972. The van der Waals surface area contributed by atoms with Crippen molar-refractivity contribution >= 4 is 0 Å². The number of rotatable bonds is 1. The molecular formula is C5H10. The molecule has 0 aliphatic heterocycles. The van der Waals surface area contributed by atoms with Gasteiger partial charge in [0.15, 0.2) is 0 Å². The summed E-state index contributed by atoms with van der Waals surface area (Å²) in [6.07, 6.45) is 0.972. The van der Waals surface area contributed by atoms with Crippen molar-refractivity contribution in [3.05, 3.63) is 12.8 Å². The van der Waals surface area contributed by atoms with Gasteiger partial charge in [0.1, 0.15) is 0 Å². The zero-order chi connectivity index (χ0) is 4.28. The summed E-state index contributed by atoms with van der Waals surface area (Å²) >= 11 is 0. The van der Waals surface area contributed by atoms with Gasteiger partial charge in [-0.15, -0.1) is 0 Å². The highest BCUT2D eigenvalue weighted by atomic mass is 13.9. The molecule has 0 aromatic heterocycles. The summed E-state index contributed by atoms with van der Waals surface area (Å²) in [6, 6.07) is 0. The van der Waals surface area contributed by atoms with E-state index in [2.05, 4.69) is 20.8 Å². The van der Waals surface area contributed by atoms with Crippen LogP contribution in [-0.4, -0.2) is 0 Å². The first-order valence-electron chi connectivity index (χ1n) is 1.85. The number of hydrogen-bond donors (Lipinski definition) is 0. The predicted molar refractivity (Wildman–Crippen MR) is 24.6 cm³/mol. The van der Waals surface area contributed by atoms with Gasteiger partial charge in [-0.25, -0.2) is 0 Å². The van der Waals surface area contributed by atoms with Gasteiger partial charge in [-0.05, 0) is 12.3 Å². The monoisotopic (exact) mass is 70.1 g/mol. The largest absolute Gasteiger partial charge is 0.0594 e. The molecule has 0 aromatic carbocycles. The Labute approximate surface area is 34.2 Å². The Bertz CT molecular complexity index is 14.0. The Balaban J connectivity index is 2.54. The lowest BCUT2D eigenvalue weighted by atomic mass is 10.2. The minimum Gasteiger partial charge on any atom is -0.0594 e. The van der Waals surface area contributed by atoms with Gasteiger partial charge in [-0.1, -0.05) is 20.8 Å². The van der Waals surface area contributed by atoms with Crippen LogP contribution in [0.25, 0.3) is 0 Å². The van der Waals surface area contributed by atoms with E-state index in [0.29, 0.717) is 0 Å². The summed E-state index contributed by atoms with van der Waals surface area (Å²) in [4.78, 5) is 0. The Hall–Kier alpha value is 0. The summed E-state index contributed by atoms with van der Waals surface area (Å²) in [5, 5.41) is 0. The van der Waals surface area contributed by atoms with Crippen molar-refractivity contribution < 1.29 is 0 Å². The topological polar surface area (TPSA) is 0 Å². The van der Waals surface area contributed by atoms with Gasteiger partial charge in [-0.2, -0.15) is 0 Å². The fraction of sp³-hybridized carbons (Fsp3) is 0.600. The summed E-state index contributed by atoms with van der Waals surface area (Å²) in [5.74, 6) is 1.39. The van der Waals surface area contributed by atoms with Crippen LogP contribution in [0, 0.1) is 12.8 Å². The molecule has 0 aliphatic rings. The molecule has 0 fully saturated rings. The van der Waals surface area contributed by atoms with Crippen molar-refractivity contribution in [1.29, 1.82) is 0 Å². The van der Waals surface area contributed by atoms with Crippen molar-refractivity contribution in [3.63, 3.8) is 0 Å². The van der Waals surface area contributed by atoms with Crippen LogP contribution in [0.15, 0.2) is 0 Å². The van der Waals surface area contributed by atoms with E-state index in [-0.39, 0.29) is 0 Å². The fourth-order valence-corrected chi connectivity index (χ4v) is 0. The maximum absolute atomic E-state index is 3.65. The van der Waals surface area contributed by atoms with Crippen LogP contribution < -0.4 is 0 Å². The van der Waals surface area contributed by atoms with Crippen LogP contribution in [0.4, 0.5) is 0 Å². The SMILES string of the molecule is [CH2]C[C](C)C. The lowest BCUT2D eigenvalue weighted by Crippen LogP contribution is -1.73. The standard InChI is InChI=1S/C5H10/c1-4-5(2)3/h1,4H2,2-3H3. The van der Waals surface area contributed by atoms with E-state index in [1.54, 1.807) is 0 Å². The van der Waals surface area contributed by atoms with Crippen LogP contribution in [0.5, 0.6) is 0 Å². The molecule has 0 heteroatoms. The molecule has 0 aliphatic carbocycles. The average molecular weight is 70.1 g/mol. The molecule has 0 bridgehead atoms. The van der Waals surface area contributed by atoms with Crippen LogP contribution >= 0.6 is 0 Å². The van der Waals surface area contributed by atoms with Crippen LogP contribution in [0.1, 0.15) is 20.3 Å². The van der Waals surface area contributed by atoms with E-state index in [0.717, 1.165) is 6.42 Å². The van der Waals surface area contributed by atoms with Crippen molar-refractivity contribution in [3.8, 4) is 0 Å². The van der Waals surface area contributed by atoms with Crippen LogP contribution in [0.2, 0.25) is 0 Å². The molecule has 0 amide bonds. The Morgan fingerprint density at radius 3 is 1.80 bits per heavy atom. The van der Waals surface area contributed by atoms with Crippen molar-refractivity contribution in [2.75, 3.05) is 0 Å². The van der Waals surface area contributed by atoms with Gasteiger partial charge >= 0.3 is 0 Å². The van der Waals surface area contributed by atoms with Gasteiger partial charge in [0, 0.05) is 0 Å². The third kappa shape index (κ3) is 4.00. The fourth-order valence-electron chi connectivity index (χ4n) is 0. The molecule has 30 valence electrons.